The minimum absolute atomic E-state index is 0.153. The molecule has 0 saturated carbocycles. The van der Waals surface area contributed by atoms with Gasteiger partial charge in [-0.05, 0) is 59.6 Å². The lowest BCUT2D eigenvalue weighted by atomic mass is 9.73. The first-order valence-corrected chi connectivity index (χ1v) is 16.1. The average molecular weight is 543 g/mol. The Morgan fingerprint density at radius 1 is 0.732 bits per heavy atom. The number of rotatable bonds is 9. The fourth-order valence-electron chi connectivity index (χ4n) is 7.34. The fourth-order valence-corrected chi connectivity index (χ4v) is 7.34. The number of anilines is 3. The number of fused-ring (bicyclic) bond motifs is 7. The molecule has 2 atom stereocenters. The number of hydrogen-bond donors (Lipinski definition) is 0. The highest BCUT2D eigenvalue weighted by Gasteiger charge is 2.41. The maximum Gasteiger partial charge on any atom is 0.142 e. The van der Waals surface area contributed by atoms with Crippen LogP contribution in [-0.4, -0.2) is 4.98 Å². The molecule has 0 saturated heterocycles. The predicted octanol–water partition coefficient (Wildman–Crippen LogP) is 11.8. The van der Waals surface area contributed by atoms with E-state index >= 15 is 0 Å². The van der Waals surface area contributed by atoms with E-state index in [9.17, 15) is 0 Å². The summed E-state index contributed by atoms with van der Waals surface area (Å²) in [6.45, 7) is 14.0. The van der Waals surface area contributed by atoms with E-state index in [1.54, 1.807) is 0 Å². The van der Waals surface area contributed by atoms with E-state index < -0.39 is 0 Å². The van der Waals surface area contributed by atoms with Crippen molar-refractivity contribution in [1.29, 1.82) is 0 Å². The fraction of sp³-hybridized carbons (Fsp3) is 0.410. The van der Waals surface area contributed by atoms with E-state index in [2.05, 4.69) is 119 Å². The zero-order chi connectivity index (χ0) is 28.7. The molecule has 2 aliphatic heterocycles. The summed E-state index contributed by atoms with van der Waals surface area (Å²) in [5.74, 6) is 2.14. The Hall–Kier alpha value is -3.39. The molecule has 2 nitrogen and oxygen atoms in total. The molecule has 6 rings (SSSR count). The Labute approximate surface area is 247 Å². The molecule has 0 N–H and O–H groups in total. The van der Waals surface area contributed by atoms with Crippen LogP contribution in [0, 0.1) is 0 Å². The third kappa shape index (κ3) is 4.60. The SMILES string of the molecule is CCCCCC(C)c1ccc2c(c1)-c1cccc3c1N(c1ccccc1-2)c1nc(C(CC)CCC)ccc1C3(C)C. The van der Waals surface area contributed by atoms with Crippen LogP contribution in [0.2, 0.25) is 0 Å². The van der Waals surface area contributed by atoms with Crippen molar-refractivity contribution in [3.05, 3.63) is 95.2 Å². The standard InChI is InChI=1S/C39H46N2/c1-7-10-11-16-26(4)28-21-22-29-30-17-12-13-20-36(30)41-37-31(32(29)25-28)18-14-19-33(37)39(5,6)34-23-24-35(40-38(34)41)27(9-3)15-8-2/h12-14,17-27H,7-11,15-16H2,1-6H3. The van der Waals surface area contributed by atoms with Gasteiger partial charge in [0.1, 0.15) is 5.82 Å². The number of aromatic nitrogens is 1. The summed E-state index contributed by atoms with van der Waals surface area (Å²) in [6.07, 6.45) is 8.58. The highest BCUT2D eigenvalue weighted by Crippen LogP contribution is 2.58. The zero-order valence-corrected chi connectivity index (χ0v) is 25.9. The first-order chi connectivity index (χ1) is 19.9. The van der Waals surface area contributed by atoms with Gasteiger partial charge in [0, 0.05) is 33.7 Å². The van der Waals surface area contributed by atoms with Crippen molar-refractivity contribution in [1.82, 2.24) is 4.98 Å². The van der Waals surface area contributed by atoms with Crippen molar-refractivity contribution < 1.29 is 0 Å². The highest BCUT2D eigenvalue weighted by atomic mass is 15.2. The molecule has 3 heterocycles. The number of pyridine rings is 1. The number of unbranched alkanes of at least 4 members (excludes halogenated alkanes) is 2. The molecule has 2 unspecified atom stereocenters. The van der Waals surface area contributed by atoms with E-state index in [0.717, 1.165) is 12.2 Å². The summed E-state index contributed by atoms with van der Waals surface area (Å²) in [5, 5.41) is 0. The van der Waals surface area contributed by atoms with Gasteiger partial charge < -0.3 is 0 Å². The molecule has 0 amide bonds. The Bertz CT molecular complexity index is 1560. The Morgan fingerprint density at radius 3 is 2.32 bits per heavy atom. The van der Waals surface area contributed by atoms with Crippen molar-refractivity contribution in [2.24, 2.45) is 0 Å². The van der Waals surface area contributed by atoms with Crippen LogP contribution < -0.4 is 4.90 Å². The molecular formula is C39H46N2. The minimum atomic E-state index is -0.153. The molecule has 3 aromatic carbocycles. The van der Waals surface area contributed by atoms with Gasteiger partial charge in [0.15, 0.2) is 0 Å². The van der Waals surface area contributed by atoms with E-state index in [-0.39, 0.29) is 5.41 Å². The van der Waals surface area contributed by atoms with Crippen LogP contribution in [-0.2, 0) is 5.41 Å². The summed E-state index contributed by atoms with van der Waals surface area (Å²) in [7, 11) is 0. The summed E-state index contributed by atoms with van der Waals surface area (Å²) < 4.78 is 0. The Morgan fingerprint density at radius 2 is 1.54 bits per heavy atom. The second kappa shape index (κ2) is 11.1. The Balaban J connectivity index is 1.61. The van der Waals surface area contributed by atoms with Crippen LogP contribution in [0.15, 0.2) is 72.8 Å². The van der Waals surface area contributed by atoms with Gasteiger partial charge in [-0.3, -0.25) is 4.90 Å². The normalized spacial score (nSPS) is 15.7. The maximum atomic E-state index is 5.54. The second-order valence-corrected chi connectivity index (χ2v) is 12.9. The van der Waals surface area contributed by atoms with Gasteiger partial charge in [-0.1, -0.05) is 128 Å². The van der Waals surface area contributed by atoms with Gasteiger partial charge in [0.2, 0.25) is 0 Å². The van der Waals surface area contributed by atoms with Crippen LogP contribution in [0.25, 0.3) is 22.3 Å². The molecule has 4 aromatic rings. The van der Waals surface area contributed by atoms with Crippen molar-refractivity contribution in [2.45, 2.75) is 104 Å². The lowest BCUT2D eigenvalue weighted by Gasteiger charge is -2.42. The van der Waals surface area contributed by atoms with Crippen LogP contribution in [0.3, 0.4) is 0 Å². The predicted molar refractivity (Wildman–Crippen MR) is 176 cm³/mol. The van der Waals surface area contributed by atoms with Crippen LogP contribution in [0.5, 0.6) is 0 Å². The number of hydrogen-bond acceptors (Lipinski definition) is 2. The third-order valence-corrected chi connectivity index (χ3v) is 9.84. The van der Waals surface area contributed by atoms with E-state index in [0.29, 0.717) is 11.8 Å². The third-order valence-electron chi connectivity index (χ3n) is 9.84. The molecule has 0 aliphatic carbocycles. The van der Waals surface area contributed by atoms with Crippen LogP contribution in [0.1, 0.15) is 121 Å². The smallest absolute Gasteiger partial charge is 0.142 e. The van der Waals surface area contributed by atoms with Gasteiger partial charge in [-0.2, -0.15) is 0 Å². The highest BCUT2D eigenvalue weighted by molar-refractivity contribution is 6.04. The number of para-hydroxylation sites is 2. The topological polar surface area (TPSA) is 16.1 Å². The summed E-state index contributed by atoms with van der Waals surface area (Å²) >= 11 is 0. The summed E-state index contributed by atoms with van der Waals surface area (Å²) in [6, 6.07) is 27.9. The molecule has 0 bridgehead atoms. The quantitative estimate of drug-likeness (QED) is 0.172. The van der Waals surface area contributed by atoms with Gasteiger partial charge in [0.05, 0.1) is 11.4 Å². The van der Waals surface area contributed by atoms with Crippen LogP contribution in [0.4, 0.5) is 17.2 Å². The largest absolute Gasteiger partial charge is 0.293 e. The maximum absolute atomic E-state index is 5.54. The molecule has 41 heavy (non-hydrogen) atoms. The molecule has 0 radical (unpaired) electrons. The number of benzene rings is 3. The van der Waals surface area contributed by atoms with Gasteiger partial charge in [-0.25, -0.2) is 4.98 Å². The molecule has 212 valence electrons. The van der Waals surface area contributed by atoms with Gasteiger partial charge in [0.25, 0.3) is 0 Å². The Kier molecular flexibility index (Phi) is 7.53. The van der Waals surface area contributed by atoms with Crippen molar-refractivity contribution in [3.8, 4) is 22.3 Å². The summed E-state index contributed by atoms with van der Waals surface area (Å²) in [5.41, 5.74) is 13.0. The van der Waals surface area contributed by atoms with E-state index in [1.165, 1.54) is 94.5 Å². The molecule has 2 heteroatoms. The van der Waals surface area contributed by atoms with E-state index in [4.69, 9.17) is 4.98 Å². The number of nitrogens with zero attached hydrogens (tertiary/aromatic N) is 2. The first-order valence-electron chi connectivity index (χ1n) is 16.1. The lowest BCUT2D eigenvalue weighted by molar-refractivity contribution is 0.575. The molecule has 1 aromatic heterocycles. The lowest BCUT2D eigenvalue weighted by Crippen LogP contribution is -2.32. The molecule has 0 spiro atoms. The van der Waals surface area contributed by atoms with Crippen molar-refractivity contribution in [3.63, 3.8) is 0 Å². The molecule has 0 fully saturated rings. The van der Waals surface area contributed by atoms with Crippen LogP contribution >= 0.6 is 0 Å². The summed E-state index contributed by atoms with van der Waals surface area (Å²) in [4.78, 5) is 8.05. The van der Waals surface area contributed by atoms with E-state index in [1.807, 2.05) is 0 Å². The second-order valence-electron chi connectivity index (χ2n) is 12.9. The zero-order valence-electron chi connectivity index (χ0n) is 25.9. The monoisotopic (exact) mass is 542 g/mol. The first kappa shape index (κ1) is 27.8. The molecular weight excluding hydrogens is 496 g/mol. The minimum Gasteiger partial charge on any atom is -0.293 e. The van der Waals surface area contributed by atoms with Crippen molar-refractivity contribution in [2.75, 3.05) is 4.90 Å². The van der Waals surface area contributed by atoms with Gasteiger partial charge >= 0.3 is 0 Å². The average Bonchev–Trinajstić information content (AvgIpc) is 3.11. The van der Waals surface area contributed by atoms with Crippen molar-refractivity contribution >= 4 is 17.2 Å². The van der Waals surface area contributed by atoms with Gasteiger partial charge in [-0.15, -0.1) is 0 Å². The molecule has 2 aliphatic rings.